The number of para-hydroxylation sites is 1. The van der Waals surface area contributed by atoms with Gasteiger partial charge in [-0.25, -0.2) is 0 Å². The van der Waals surface area contributed by atoms with Crippen LogP contribution in [-0.4, -0.2) is 30.2 Å². The average molecular weight is 221 g/mol. The van der Waals surface area contributed by atoms with E-state index in [0.717, 1.165) is 24.3 Å². The SMILES string of the molecule is CC(=NO)c1ccccc1OC1CCOC1. The fourth-order valence-electron chi connectivity index (χ4n) is 1.71. The van der Waals surface area contributed by atoms with Crippen LogP contribution < -0.4 is 4.74 Å². The zero-order valence-electron chi connectivity index (χ0n) is 9.22. The summed E-state index contributed by atoms with van der Waals surface area (Å²) in [7, 11) is 0. The van der Waals surface area contributed by atoms with Gasteiger partial charge in [-0.2, -0.15) is 0 Å². The molecular formula is C12H15NO3. The molecule has 1 fully saturated rings. The predicted octanol–water partition coefficient (Wildman–Crippen LogP) is 2.05. The Morgan fingerprint density at radius 3 is 3.00 bits per heavy atom. The molecule has 0 spiro atoms. The van der Waals surface area contributed by atoms with E-state index >= 15 is 0 Å². The van der Waals surface area contributed by atoms with E-state index in [1.807, 2.05) is 24.3 Å². The Bertz CT molecular complexity index is 384. The molecule has 4 nitrogen and oxygen atoms in total. The highest BCUT2D eigenvalue weighted by Crippen LogP contribution is 2.22. The normalized spacial score (nSPS) is 21.1. The molecule has 0 radical (unpaired) electrons. The van der Waals surface area contributed by atoms with Crippen molar-refractivity contribution in [2.24, 2.45) is 5.16 Å². The summed E-state index contributed by atoms with van der Waals surface area (Å²) in [5.74, 6) is 0.744. The summed E-state index contributed by atoms with van der Waals surface area (Å²) in [5, 5.41) is 12.0. The van der Waals surface area contributed by atoms with Crippen molar-refractivity contribution in [3.05, 3.63) is 29.8 Å². The van der Waals surface area contributed by atoms with Crippen LogP contribution in [0.5, 0.6) is 5.75 Å². The number of nitrogens with zero attached hydrogens (tertiary/aromatic N) is 1. The van der Waals surface area contributed by atoms with Crippen LogP contribution in [0.3, 0.4) is 0 Å². The molecule has 1 unspecified atom stereocenters. The van der Waals surface area contributed by atoms with Gasteiger partial charge in [-0.3, -0.25) is 0 Å². The summed E-state index contributed by atoms with van der Waals surface area (Å²) >= 11 is 0. The number of rotatable bonds is 3. The first-order valence-electron chi connectivity index (χ1n) is 5.33. The van der Waals surface area contributed by atoms with E-state index in [-0.39, 0.29) is 6.10 Å². The Morgan fingerprint density at radius 2 is 2.31 bits per heavy atom. The second kappa shape index (κ2) is 4.99. The highest BCUT2D eigenvalue weighted by molar-refractivity contribution is 6.00. The molecule has 1 N–H and O–H groups in total. The Morgan fingerprint density at radius 1 is 1.50 bits per heavy atom. The summed E-state index contributed by atoms with van der Waals surface area (Å²) in [6.45, 7) is 3.12. The number of benzene rings is 1. The van der Waals surface area contributed by atoms with E-state index in [1.54, 1.807) is 6.92 Å². The van der Waals surface area contributed by atoms with Gasteiger partial charge < -0.3 is 14.7 Å². The van der Waals surface area contributed by atoms with Crippen LogP contribution in [0.15, 0.2) is 29.4 Å². The maximum absolute atomic E-state index is 8.78. The van der Waals surface area contributed by atoms with E-state index in [9.17, 15) is 0 Å². The van der Waals surface area contributed by atoms with Crippen molar-refractivity contribution >= 4 is 5.71 Å². The highest BCUT2D eigenvalue weighted by Gasteiger charge is 2.18. The summed E-state index contributed by atoms with van der Waals surface area (Å²) in [5.41, 5.74) is 1.37. The van der Waals surface area contributed by atoms with E-state index in [2.05, 4.69) is 5.16 Å². The number of hydrogen-bond acceptors (Lipinski definition) is 4. The van der Waals surface area contributed by atoms with E-state index in [4.69, 9.17) is 14.7 Å². The summed E-state index contributed by atoms with van der Waals surface area (Å²) in [6.07, 6.45) is 1.01. The second-order valence-corrected chi connectivity index (χ2v) is 3.79. The fraction of sp³-hybridized carbons (Fsp3) is 0.417. The first-order chi connectivity index (χ1) is 7.81. The maximum atomic E-state index is 8.78. The molecule has 86 valence electrons. The first-order valence-corrected chi connectivity index (χ1v) is 5.33. The quantitative estimate of drug-likeness (QED) is 0.483. The lowest BCUT2D eigenvalue weighted by atomic mass is 10.1. The minimum Gasteiger partial charge on any atom is -0.487 e. The van der Waals surface area contributed by atoms with Crippen molar-refractivity contribution in [3.63, 3.8) is 0 Å². The molecule has 1 aliphatic heterocycles. The Kier molecular flexibility index (Phi) is 3.41. The van der Waals surface area contributed by atoms with Crippen molar-refractivity contribution < 1.29 is 14.7 Å². The predicted molar refractivity (Wildman–Crippen MR) is 60.3 cm³/mol. The molecule has 1 atom stereocenters. The lowest BCUT2D eigenvalue weighted by Gasteiger charge is -2.14. The smallest absolute Gasteiger partial charge is 0.129 e. The van der Waals surface area contributed by atoms with Crippen molar-refractivity contribution in [1.29, 1.82) is 0 Å². The Hall–Kier alpha value is -1.55. The lowest BCUT2D eigenvalue weighted by molar-refractivity contribution is 0.141. The van der Waals surface area contributed by atoms with Gasteiger partial charge in [-0.15, -0.1) is 0 Å². The van der Waals surface area contributed by atoms with Gasteiger partial charge in [0, 0.05) is 12.0 Å². The number of hydrogen-bond donors (Lipinski definition) is 1. The number of oxime groups is 1. The minimum atomic E-state index is 0.104. The van der Waals surface area contributed by atoms with E-state index in [0.29, 0.717) is 12.3 Å². The third-order valence-corrected chi connectivity index (χ3v) is 2.61. The standard InChI is InChI=1S/C12H15NO3/c1-9(13-14)11-4-2-3-5-12(11)16-10-6-7-15-8-10/h2-5,10,14H,6-8H2,1H3. The monoisotopic (exact) mass is 221 g/mol. The van der Waals surface area contributed by atoms with Crippen LogP contribution in [0.25, 0.3) is 0 Å². The molecule has 1 aromatic carbocycles. The Balaban J connectivity index is 2.19. The molecule has 4 heteroatoms. The highest BCUT2D eigenvalue weighted by atomic mass is 16.5. The average Bonchev–Trinajstić information content (AvgIpc) is 2.82. The van der Waals surface area contributed by atoms with Crippen LogP contribution in [0, 0.1) is 0 Å². The van der Waals surface area contributed by atoms with Crippen molar-refractivity contribution in [2.45, 2.75) is 19.4 Å². The zero-order chi connectivity index (χ0) is 11.4. The van der Waals surface area contributed by atoms with Gasteiger partial charge in [0.05, 0.1) is 18.9 Å². The molecular weight excluding hydrogens is 206 g/mol. The van der Waals surface area contributed by atoms with E-state index < -0.39 is 0 Å². The summed E-state index contributed by atoms with van der Waals surface area (Å²) in [6, 6.07) is 7.55. The molecule has 0 amide bonds. The molecule has 0 aliphatic carbocycles. The van der Waals surface area contributed by atoms with Crippen molar-refractivity contribution in [2.75, 3.05) is 13.2 Å². The second-order valence-electron chi connectivity index (χ2n) is 3.79. The molecule has 2 rings (SSSR count). The number of ether oxygens (including phenoxy) is 2. The molecule has 0 bridgehead atoms. The molecule has 1 heterocycles. The first kappa shape index (κ1) is 11.0. The molecule has 16 heavy (non-hydrogen) atoms. The largest absolute Gasteiger partial charge is 0.487 e. The van der Waals surface area contributed by atoms with Gasteiger partial charge in [-0.1, -0.05) is 17.3 Å². The van der Waals surface area contributed by atoms with Crippen LogP contribution in [0.4, 0.5) is 0 Å². The van der Waals surface area contributed by atoms with Crippen LogP contribution in [0.1, 0.15) is 18.9 Å². The van der Waals surface area contributed by atoms with Gasteiger partial charge >= 0.3 is 0 Å². The molecule has 0 aromatic heterocycles. The fourth-order valence-corrected chi connectivity index (χ4v) is 1.71. The van der Waals surface area contributed by atoms with Crippen LogP contribution in [-0.2, 0) is 4.74 Å². The van der Waals surface area contributed by atoms with Gasteiger partial charge in [0.15, 0.2) is 0 Å². The van der Waals surface area contributed by atoms with Gasteiger partial charge in [-0.05, 0) is 19.1 Å². The van der Waals surface area contributed by atoms with E-state index in [1.165, 1.54) is 0 Å². The third kappa shape index (κ3) is 2.33. The zero-order valence-corrected chi connectivity index (χ0v) is 9.22. The van der Waals surface area contributed by atoms with Gasteiger partial charge in [0.25, 0.3) is 0 Å². The maximum Gasteiger partial charge on any atom is 0.129 e. The van der Waals surface area contributed by atoms with Crippen molar-refractivity contribution in [3.8, 4) is 5.75 Å². The summed E-state index contributed by atoms with van der Waals surface area (Å²) in [4.78, 5) is 0. The molecule has 1 saturated heterocycles. The molecule has 1 aliphatic rings. The molecule has 0 saturated carbocycles. The Labute approximate surface area is 94.5 Å². The van der Waals surface area contributed by atoms with Gasteiger partial charge in [0.2, 0.25) is 0 Å². The minimum absolute atomic E-state index is 0.104. The van der Waals surface area contributed by atoms with Crippen LogP contribution >= 0.6 is 0 Å². The van der Waals surface area contributed by atoms with Gasteiger partial charge in [0.1, 0.15) is 11.9 Å². The third-order valence-electron chi connectivity index (χ3n) is 2.61. The van der Waals surface area contributed by atoms with Crippen LogP contribution in [0.2, 0.25) is 0 Å². The topological polar surface area (TPSA) is 51.1 Å². The van der Waals surface area contributed by atoms with Crippen molar-refractivity contribution in [1.82, 2.24) is 0 Å². The lowest BCUT2D eigenvalue weighted by Crippen LogP contribution is -2.17. The molecule has 1 aromatic rings. The summed E-state index contributed by atoms with van der Waals surface area (Å²) < 4.78 is 11.1.